The summed E-state index contributed by atoms with van der Waals surface area (Å²) in [5, 5.41) is 3.93. The standard InChI is InChI=1S/C21H16N2OS2/c24-20(14-25-17-6-2-1-3-7-17)22-16-12-10-15(11-13-16)21-23-18-8-4-5-9-19(18)26-21/h1-13H,14H2,(H,22,24). The molecular formula is C21H16N2OS2. The molecule has 1 N–H and O–H groups in total. The van der Waals surface area contributed by atoms with E-state index in [1.165, 1.54) is 16.5 Å². The summed E-state index contributed by atoms with van der Waals surface area (Å²) < 4.78 is 1.18. The second-order valence-corrected chi connectivity index (χ2v) is 7.79. The topological polar surface area (TPSA) is 42.0 Å². The van der Waals surface area contributed by atoms with E-state index in [0.717, 1.165) is 26.7 Å². The molecule has 0 radical (unpaired) electrons. The second kappa shape index (κ2) is 7.72. The maximum atomic E-state index is 12.1. The molecule has 0 fully saturated rings. The summed E-state index contributed by atoms with van der Waals surface area (Å²) in [6, 6.07) is 25.9. The van der Waals surface area contributed by atoms with Crippen LogP contribution in [0.4, 0.5) is 5.69 Å². The molecule has 3 nitrogen and oxygen atoms in total. The zero-order chi connectivity index (χ0) is 17.8. The van der Waals surface area contributed by atoms with Crippen LogP contribution in [0.3, 0.4) is 0 Å². The molecule has 4 rings (SSSR count). The van der Waals surface area contributed by atoms with Gasteiger partial charge in [0.05, 0.1) is 16.0 Å². The van der Waals surface area contributed by atoms with Gasteiger partial charge >= 0.3 is 0 Å². The Morgan fingerprint density at radius 2 is 1.65 bits per heavy atom. The molecule has 4 aromatic rings. The minimum atomic E-state index is -0.00779. The predicted molar refractivity (Wildman–Crippen MR) is 111 cm³/mol. The molecule has 0 atom stereocenters. The fourth-order valence-electron chi connectivity index (χ4n) is 2.55. The third kappa shape index (κ3) is 3.95. The minimum absolute atomic E-state index is 0.00779. The predicted octanol–water partition coefficient (Wildman–Crippen LogP) is 5.69. The Bertz CT molecular complexity index is 994. The van der Waals surface area contributed by atoms with E-state index >= 15 is 0 Å². The van der Waals surface area contributed by atoms with Gasteiger partial charge in [-0.05, 0) is 48.5 Å². The van der Waals surface area contributed by atoms with Gasteiger partial charge in [0.25, 0.3) is 0 Å². The molecule has 26 heavy (non-hydrogen) atoms. The van der Waals surface area contributed by atoms with Crippen molar-refractivity contribution in [3.05, 3.63) is 78.9 Å². The first-order valence-electron chi connectivity index (χ1n) is 8.22. The molecular weight excluding hydrogens is 360 g/mol. The van der Waals surface area contributed by atoms with E-state index in [9.17, 15) is 4.79 Å². The van der Waals surface area contributed by atoms with E-state index in [2.05, 4.69) is 16.4 Å². The zero-order valence-corrected chi connectivity index (χ0v) is 15.5. The van der Waals surface area contributed by atoms with Crippen LogP contribution >= 0.6 is 23.1 Å². The van der Waals surface area contributed by atoms with E-state index in [1.807, 2.05) is 72.8 Å². The van der Waals surface area contributed by atoms with Gasteiger partial charge in [-0.3, -0.25) is 4.79 Å². The van der Waals surface area contributed by atoms with Gasteiger partial charge in [0.1, 0.15) is 5.01 Å². The minimum Gasteiger partial charge on any atom is -0.325 e. The smallest absolute Gasteiger partial charge is 0.234 e. The zero-order valence-electron chi connectivity index (χ0n) is 13.9. The summed E-state index contributed by atoms with van der Waals surface area (Å²) >= 11 is 3.20. The summed E-state index contributed by atoms with van der Waals surface area (Å²) in [6.45, 7) is 0. The van der Waals surface area contributed by atoms with Crippen LogP contribution in [-0.2, 0) is 4.79 Å². The highest BCUT2D eigenvalue weighted by molar-refractivity contribution is 8.00. The van der Waals surface area contributed by atoms with Crippen molar-refractivity contribution < 1.29 is 4.79 Å². The van der Waals surface area contributed by atoms with Crippen LogP contribution < -0.4 is 5.32 Å². The third-order valence-corrected chi connectivity index (χ3v) is 5.92. The largest absolute Gasteiger partial charge is 0.325 e. The van der Waals surface area contributed by atoms with Gasteiger partial charge < -0.3 is 5.32 Å². The van der Waals surface area contributed by atoms with Crippen molar-refractivity contribution in [1.82, 2.24) is 4.98 Å². The lowest BCUT2D eigenvalue weighted by Crippen LogP contribution is -2.13. The van der Waals surface area contributed by atoms with Gasteiger partial charge in [-0.2, -0.15) is 0 Å². The number of nitrogens with zero attached hydrogens (tertiary/aromatic N) is 1. The Morgan fingerprint density at radius 3 is 2.42 bits per heavy atom. The van der Waals surface area contributed by atoms with Crippen LogP contribution in [0.5, 0.6) is 0 Å². The molecule has 0 aliphatic rings. The Morgan fingerprint density at radius 1 is 0.923 bits per heavy atom. The maximum absolute atomic E-state index is 12.1. The van der Waals surface area contributed by atoms with Gasteiger partial charge in [-0.1, -0.05) is 30.3 Å². The first-order valence-corrected chi connectivity index (χ1v) is 10.0. The molecule has 3 aromatic carbocycles. The number of anilines is 1. The molecule has 0 bridgehead atoms. The van der Waals surface area contributed by atoms with Crippen LogP contribution in [0.2, 0.25) is 0 Å². The number of rotatable bonds is 5. The highest BCUT2D eigenvalue weighted by atomic mass is 32.2. The van der Waals surface area contributed by atoms with Crippen molar-refractivity contribution in [2.75, 3.05) is 11.1 Å². The Labute approximate surface area is 160 Å². The molecule has 128 valence electrons. The van der Waals surface area contributed by atoms with Crippen LogP contribution in [0, 0.1) is 0 Å². The number of aromatic nitrogens is 1. The average Bonchev–Trinajstić information content (AvgIpc) is 3.12. The number of carbonyl (C=O) groups is 1. The number of thioether (sulfide) groups is 1. The number of para-hydroxylation sites is 1. The highest BCUT2D eigenvalue weighted by Crippen LogP contribution is 2.30. The first-order chi connectivity index (χ1) is 12.8. The van der Waals surface area contributed by atoms with Crippen molar-refractivity contribution in [2.24, 2.45) is 0 Å². The lowest BCUT2D eigenvalue weighted by Gasteiger charge is -2.06. The van der Waals surface area contributed by atoms with Crippen LogP contribution in [-0.4, -0.2) is 16.6 Å². The quantitative estimate of drug-likeness (QED) is 0.455. The molecule has 0 saturated carbocycles. The van der Waals surface area contributed by atoms with Crippen molar-refractivity contribution >= 4 is 44.9 Å². The molecule has 0 aliphatic carbocycles. The van der Waals surface area contributed by atoms with Crippen molar-refractivity contribution in [3.8, 4) is 10.6 Å². The first kappa shape index (κ1) is 16.8. The van der Waals surface area contributed by atoms with Gasteiger partial charge in [-0.15, -0.1) is 23.1 Å². The average molecular weight is 377 g/mol. The van der Waals surface area contributed by atoms with Crippen LogP contribution in [0.15, 0.2) is 83.8 Å². The number of thiazole rings is 1. The van der Waals surface area contributed by atoms with Gasteiger partial charge in [0.2, 0.25) is 5.91 Å². The van der Waals surface area contributed by atoms with E-state index in [4.69, 9.17) is 0 Å². The molecule has 5 heteroatoms. The van der Waals surface area contributed by atoms with Crippen molar-refractivity contribution in [2.45, 2.75) is 4.90 Å². The number of fused-ring (bicyclic) bond motifs is 1. The molecule has 0 saturated heterocycles. The number of hydrogen-bond donors (Lipinski definition) is 1. The SMILES string of the molecule is O=C(CSc1ccccc1)Nc1ccc(-c2nc3ccccc3s2)cc1. The van der Waals surface area contributed by atoms with Crippen LogP contribution in [0.25, 0.3) is 20.8 Å². The van der Waals surface area contributed by atoms with Crippen molar-refractivity contribution in [1.29, 1.82) is 0 Å². The lowest BCUT2D eigenvalue weighted by molar-refractivity contribution is -0.113. The van der Waals surface area contributed by atoms with E-state index < -0.39 is 0 Å². The van der Waals surface area contributed by atoms with E-state index in [-0.39, 0.29) is 5.91 Å². The molecule has 1 aromatic heterocycles. The number of nitrogens with one attached hydrogen (secondary N) is 1. The van der Waals surface area contributed by atoms with E-state index in [1.54, 1.807) is 11.3 Å². The number of benzene rings is 3. The fraction of sp³-hybridized carbons (Fsp3) is 0.0476. The summed E-state index contributed by atoms with van der Waals surface area (Å²) in [7, 11) is 0. The molecule has 1 heterocycles. The summed E-state index contributed by atoms with van der Waals surface area (Å²) in [6.07, 6.45) is 0. The molecule has 1 amide bonds. The van der Waals surface area contributed by atoms with Crippen LogP contribution in [0.1, 0.15) is 0 Å². The molecule has 0 spiro atoms. The second-order valence-electron chi connectivity index (χ2n) is 5.71. The van der Waals surface area contributed by atoms with Gasteiger partial charge in [0, 0.05) is 16.1 Å². The Balaban J connectivity index is 1.40. The summed E-state index contributed by atoms with van der Waals surface area (Å²) in [5.41, 5.74) is 2.87. The summed E-state index contributed by atoms with van der Waals surface area (Å²) in [5.74, 6) is 0.385. The van der Waals surface area contributed by atoms with Gasteiger partial charge in [0.15, 0.2) is 0 Å². The highest BCUT2D eigenvalue weighted by Gasteiger charge is 2.07. The Kier molecular flexibility index (Phi) is 5.00. The monoisotopic (exact) mass is 376 g/mol. The number of amides is 1. The molecule has 0 aliphatic heterocycles. The number of carbonyl (C=O) groups excluding carboxylic acids is 1. The normalized spacial score (nSPS) is 10.8. The summed E-state index contributed by atoms with van der Waals surface area (Å²) in [4.78, 5) is 17.9. The Hall–Kier alpha value is -2.63. The lowest BCUT2D eigenvalue weighted by atomic mass is 10.2. The molecule has 0 unspecified atom stereocenters. The van der Waals surface area contributed by atoms with Gasteiger partial charge in [-0.25, -0.2) is 4.98 Å². The van der Waals surface area contributed by atoms with Crippen molar-refractivity contribution in [3.63, 3.8) is 0 Å². The third-order valence-electron chi connectivity index (χ3n) is 3.82. The maximum Gasteiger partial charge on any atom is 0.234 e. The van der Waals surface area contributed by atoms with E-state index in [0.29, 0.717) is 5.75 Å². The number of hydrogen-bond acceptors (Lipinski definition) is 4. The fourth-order valence-corrected chi connectivity index (χ4v) is 4.25.